The highest BCUT2D eigenvalue weighted by Crippen LogP contribution is 2.20. The summed E-state index contributed by atoms with van der Waals surface area (Å²) in [5.74, 6) is 0. The first-order valence-corrected chi connectivity index (χ1v) is 5.26. The van der Waals surface area contributed by atoms with Crippen LogP contribution >= 0.6 is 11.6 Å². The molecule has 0 unspecified atom stereocenters. The van der Waals surface area contributed by atoms with Crippen molar-refractivity contribution in [1.82, 2.24) is 4.98 Å². The standard InChI is InChI=1S/C12H13ClN2/c1-9-4-5-10(13)7-12(9)15-8-11-3-2-6-14-11/h2-7,14-15H,8H2,1H3. The number of nitrogens with one attached hydrogen (secondary N) is 2. The average molecular weight is 221 g/mol. The van der Waals surface area contributed by atoms with E-state index in [0.717, 1.165) is 22.9 Å². The van der Waals surface area contributed by atoms with Gasteiger partial charge in [0.25, 0.3) is 0 Å². The fraction of sp³-hybridized carbons (Fsp3) is 0.167. The molecule has 0 aliphatic heterocycles. The normalized spacial score (nSPS) is 10.3. The van der Waals surface area contributed by atoms with E-state index < -0.39 is 0 Å². The first-order valence-electron chi connectivity index (χ1n) is 4.88. The molecular formula is C12H13ClN2. The number of hydrogen-bond donors (Lipinski definition) is 2. The molecule has 1 aromatic heterocycles. The zero-order valence-electron chi connectivity index (χ0n) is 8.55. The van der Waals surface area contributed by atoms with Gasteiger partial charge in [-0.1, -0.05) is 17.7 Å². The first-order chi connectivity index (χ1) is 7.25. The predicted octanol–water partition coefficient (Wildman–Crippen LogP) is 3.59. The molecule has 78 valence electrons. The van der Waals surface area contributed by atoms with Crippen LogP contribution in [0.1, 0.15) is 11.3 Å². The topological polar surface area (TPSA) is 27.8 Å². The van der Waals surface area contributed by atoms with Crippen LogP contribution in [-0.2, 0) is 6.54 Å². The summed E-state index contributed by atoms with van der Waals surface area (Å²) in [6.45, 7) is 2.85. The number of aromatic nitrogens is 1. The molecule has 2 aromatic rings. The Bertz CT molecular complexity index is 435. The van der Waals surface area contributed by atoms with Crippen molar-refractivity contribution >= 4 is 17.3 Å². The van der Waals surface area contributed by atoms with Crippen LogP contribution in [0.15, 0.2) is 36.5 Å². The van der Waals surface area contributed by atoms with E-state index in [1.165, 1.54) is 5.56 Å². The summed E-state index contributed by atoms with van der Waals surface area (Å²) in [5, 5.41) is 4.10. The summed E-state index contributed by atoms with van der Waals surface area (Å²) in [6, 6.07) is 9.89. The third-order valence-electron chi connectivity index (χ3n) is 2.33. The van der Waals surface area contributed by atoms with Crippen molar-refractivity contribution in [1.29, 1.82) is 0 Å². The molecular weight excluding hydrogens is 208 g/mol. The van der Waals surface area contributed by atoms with Gasteiger partial charge >= 0.3 is 0 Å². The zero-order valence-corrected chi connectivity index (χ0v) is 9.31. The zero-order chi connectivity index (χ0) is 10.7. The lowest BCUT2D eigenvalue weighted by atomic mass is 10.2. The van der Waals surface area contributed by atoms with Gasteiger partial charge in [0.05, 0.1) is 6.54 Å². The number of H-pyrrole nitrogens is 1. The number of hydrogen-bond acceptors (Lipinski definition) is 1. The number of halogens is 1. The largest absolute Gasteiger partial charge is 0.379 e. The molecule has 2 rings (SSSR count). The Kier molecular flexibility index (Phi) is 2.97. The van der Waals surface area contributed by atoms with Gasteiger partial charge in [-0.3, -0.25) is 0 Å². The molecule has 0 amide bonds. The van der Waals surface area contributed by atoms with Crippen LogP contribution in [0.3, 0.4) is 0 Å². The van der Waals surface area contributed by atoms with Gasteiger partial charge in [0, 0.05) is 22.6 Å². The van der Waals surface area contributed by atoms with Gasteiger partial charge in [0.2, 0.25) is 0 Å². The maximum atomic E-state index is 5.93. The van der Waals surface area contributed by atoms with Gasteiger partial charge in [0.1, 0.15) is 0 Å². The number of rotatable bonds is 3. The molecule has 0 saturated heterocycles. The summed E-state index contributed by atoms with van der Waals surface area (Å²) in [5.41, 5.74) is 3.44. The maximum Gasteiger partial charge on any atom is 0.0551 e. The summed E-state index contributed by atoms with van der Waals surface area (Å²) in [4.78, 5) is 3.15. The number of benzene rings is 1. The fourth-order valence-electron chi connectivity index (χ4n) is 1.45. The molecule has 0 saturated carbocycles. The van der Waals surface area contributed by atoms with E-state index in [-0.39, 0.29) is 0 Å². The van der Waals surface area contributed by atoms with E-state index in [1.54, 1.807) is 0 Å². The van der Waals surface area contributed by atoms with E-state index in [4.69, 9.17) is 11.6 Å². The second kappa shape index (κ2) is 4.41. The third-order valence-corrected chi connectivity index (χ3v) is 2.57. The molecule has 0 atom stereocenters. The van der Waals surface area contributed by atoms with Crippen LogP contribution < -0.4 is 5.32 Å². The molecule has 3 heteroatoms. The summed E-state index contributed by atoms with van der Waals surface area (Å²) in [6.07, 6.45) is 1.92. The van der Waals surface area contributed by atoms with Gasteiger partial charge in [-0.05, 0) is 36.8 Å². The van der Waals surface area contributed by atoms with Crippen LogP contribution in [0.25, 0.3) is 0 Å². The lowest BCUT2D eigenvalue weighted by Crippen LogP contribution is -2.00. The van der Waals surface area contributed by atoms with Crippen molar-refractivity contribution < 1.29 is 0 Å². The summed E-state index contributed by atoms with van der Waals surface area (Å²) < 4.78 is 0. The van der Waals surface area contributed by atoms with Crippen LogP contribution in [0.5, 0.6) is 0 Å². The van der Waals surface area contributed by atoms with Crippen LogP contribution in [0.4, 0.5) is 5.69 Å². The Hall–Kier alpha value is -1.41. The van der Waals surface area contributed by atoms with Crippen molar-refractivity contribution in [2.75, 3.05) is 5.32 Å². The van der Waals surface area contributed by atoms with Gasteiger partial charge in [-0.25, -0.2) is 0 Å². The molecule has 2 N–H and O–H groups in total. The van der Waals surface area contributed by atoms with E-state index in [1.807, 2.05) is 36.5 Å². The number of aryl methyl sites for hydroxylation is 1. The second-order valence-corrected chi connectivity index (χ2v) is 3.94. The molecule has 0 bridgehead atoms. The SMILES string of the molecule is Cc1ccc(Cl)cc1NCc1ccc[nH]1. The van der Waals surface area contributed by atoms with Crippen molar-refractivity contribution in [2.24, 2.45) is 0 Å². The highest BCUT2D eigenvalue weighted by molar-refractivity contribution is 6.30. The fourth-order valence-corrected chi connectivity index (χ4v) is 1.62. The Morgan fingerprint density at radius 3 is 2.93 bits per heavy atom. The minimum absolute atomic E-state index is 0.759. The second-order valence-electron chi connectivity index (χ2n) is 3.51. The molecule has 2 nitrogen and oxygen atoms in total. The van der Waals surface area contributed by atoms with E-state index >= 15 is 0 Å². The third kappa shape index (κ3) is 2.54. The van der Waals surface area contributed by atoms with Gasteiger partial charge < -0.3 is 10.3 Å². The van der Waals surface area contributed by atoms with Crippen molar-refractivity contribution in [3.8, 4) is 0 Å². The van der Waals surface area contributed by atoms with Crippen LogP contribution in [0.2, 0.25) is 5.02 Å². The van der Waals surface area contributed by atoms with Crippen LogP contribution in [-0.4, -0.2) is 4.98 Å². The number of anilines is 1. The van der Waals surface area contributed by atoms with Gasteiger partial charge in [-0.2, -0.15) is 0 Å². The molecule has 1 heterocycles. The molecule has 0 fully saturated rings. The molecule has 1 aromatic carbocycles. The van der Waals surface area contributed by atoms with Crippen molar-refractivity contribution in [3.05, 3.63) is 52.8 Å². The van der Waals surface area contributed by atoms with Crippen molar-refractivity contribution in [2.45, 2.75) is 13.5 Å². The minimum atomic E-state index is 0.759. The van der Waals surface area contributed by atoms with Crippen LogP contribution in [0, 0.1) is 6.92 Å². The Labute approximate surface area is 94.3 Å². The highest BCUT2D eigenvalue weighted by atomic mass is 35.5. The highest BCUT2D eigenvalue weighted by Gasteiger charge is 1.99. The van der Waals surface area contributed by atoms with E-state index in [0.29, 0.717) is 0 Å². The van der Waals surface area contributed by atoms with Crippen molar-refractivity contribution in [3.63, 3.8) is 0 Å². The lowest BCUT2D eigenvalue weighted by Gasteiger charge is -2.08. The molecule has 0 aliphatic rings. The lowest BCUT2D eigenvalue weighted by molar-refractivity contribution is 1.07. The van der Waals surface area contributed by atoms with E-state index in [2.05, 4.69) is 17.2 Å². The quantitative estimate of drug-likeness (QED) is 0.813. The minimum Gasteiger partial charge on any atom is -0.379 e. The van der Waals surface area contributed by atoms with Gasteiger partial charge in [0.15, 0.2) is 0 Å². The molecule has 0 radical (unpaired) electrons. The van der Waals surface area contributed by atoms with Gasteiger partial charge in [-0.15, -0.1) is 0 Å². The number of aromatic amines is 1. The Morgan fingerprint density at radius 1 is 1.33 bits per heavy atom. The first kappa shape index (κ1) is 10.1. The Balaban J connectivity index is 2.07. The summed E-state index contributed by atoms with van der Waals surface area (Å²) >= 11 is 5.93. The monoisotopic (exact) mass is 220 g/mol. The maximum absolute atomic E-state index is 5.93. The van der Waals surface area contributed by atoms with E-state index in [9.17, 15) is 0 Å². The molecule has 0 aliphatic carbocycles. The summed E-state index contributed by atoms with van der Waals surface area (Å²) in [7, 11) is 0. The molecule has 15 heavy (non-hydrogen) atoms. The average Bonchev–Trinajstić information content (AvgIpc) is 2.72. The smallest absolute Gasteiger partial charge is 0.0551 e. The Morgan fingerprint density at radius 2 is 2.20 bits per heavy atom. The predicted molar refractivity (Wildman–Crippen MR) is 64.3 cm³/mol. The molecule has 0 spiro atoms.